The lowest BCUT2D eigenvalue weighted by Crippen LogP contribution is -2.12. The zero-order valence-electron chi connectivity index (χ0n) is 15.0. The Kier molecular flexibility index (Phi) is 5.24. The summed E-state index contributed by atoms with van der Waals surface area (Å²) in [6.07, 6.45) is 0. The van der Waals surface area contributed by atoms with Crippen molar-refractivity contribution in [1.82, 2.24) is 10.2 Å². The molecule has 2 aromatic carbocycles. The van der Waals surface area contributed by atoms with Crippen molar-refractivity contribution in [3.8, 4) is 0 Å². The molecular weight excluding hydrogens is 384 g/mol. The summed E-state index contributed by atoms with van der Waals surface area (Å²) in [6.45, 7) is 5.77. The number of benzene rings is 2. The molecule has 3 rings (SSSR count). The van der Waals surface area contributed by atoms with Crippen LogP contribution in [0, 0.1) is 20.8 Å². The molecule has 0 aliphatic carbocycles. The zero-order chi connectivity index (χ0) is 19.6. The molecule has 0 aliphatic heterocycles. The highest BCUT2D eigenvalue weighted by molar-refractivity contribution is 7.94. The third-order valence-corrected chi connectivity index (χ3v) is 6.52. The topological polar surface area (TPSA) is 101 Å². The first-order valence-electron chi connectivity index (χ1n) is 8.06. The van der Waals surface area contributed by atoms with Gasteiger partial charge in [-0.2, -0.15) is 8.42 Å². The smallest absolute Gasteiger partial charge is 0.291 e. The van der Waals surface area contributed by atoms with E-state index in [1.807, 2.05) is 39.0 Å². The van der Waals surface area contributed by atoms with Crippen LogP contribution in [0.5, 0.6) is 0 Å². The standard InChI is InChI=1S/C18H18N4O3S2/c1-11-4-7-14(8-5-11)16(23)19-17-20-21-18(26-17)27(24,25)22-15-9-6-12(2)13(3)10-15/h4-10,22H,1-3H3,(H,19,20,23). The summed E-state index contributed by atoms with van der Waals surface area (Å²) in [4.78, 5) is 12.2. The maximum absolute atomic E-state index is 12.5. The lowest BCUT2D eigenvalue weighted by molar-refractivity contribution is 0.102. The molecule has 0 bridgehead atoms. The van der Waals surface area contributed by atoms with Crippen LogP contribution in [0.4, 0.5) is 10.8 Å². The molecule has 0 radical (unpaired) electrons. The lowest BCUT2D eigenvalue weighted by atomic mass is 10.1. The maximum Gasteiger partial charge on any atom is 0.291 e. The number of hydrogen-bond acceptors (Lipinski definition) is 6. The molecule has 9 heteroatoms. The van der Waals surface area contributed by atoms with E-state index in [0.29, 0.717) is 11.3 Å². The van der Waals surface area contributed by atoms with Gasteiger partial charge in [-0.3, -0.25) is 14.8 Å². The summed E-state index contributed by atoms with van der Waals surface area (Å²) in [6, 6.07) is 12.3. The van der Waals surface area contributed by atoms with E-state index in [-0.39, 0.29) is 15.4 Å². The SMILES string of the molecule is Cc1ccc(C(=O)Nc2nnc(S(=O)(=O)Nc3ccc(C)c(C)c3)s2)cc1. The number of rotatable bonds is 5. The van der Waals surface area contributed by atoms with Crippen molar-refractivity contribution >= 4 is 38.1 Å². The Morgan fingerprint density at radius 3 is 2.33 bits per heavy atom. The molecular formula is C18H18N4O3S2. The Labute approximate surface area is 161 Å². The van der Waals surface area contributed by atoms with Gasteiger partial charge in [-0.25, -0.2) is 0 Å². The van der Waals surface area contributed by atoms with Crippen LogP contribution in [-0.2, 0) is 10.0 Å². The van der Waals surface area contributed by atoms with Gasteiger partial charge in [0, 0.05) is 11.3 Å². The van der Waals surface area contributed by atoms with Crippen LogP contribution < -0.4 is 10.0 Å². The number of nitrogens with one attached hydrogen (secondary N) is 2. The van der Waals surface area contributed by atoms with Crippen molar-refractivity contribution in [3.63, 3.8) is 0 Å². The summed E-state index contributed by atoms with van der Waals surface area (Å²) in [5, 5.41) is 10.1. The molecule has 0 saturated carbocycles. The molecule has 0 saturated heterocycles. The quantitative estimate of drug-likeness (QED) is 0.636. The fourth-order valence-corrected chi connectivity index (χ4v) is 4.19. The molecule has 3 aromatic rings. The number of carbonyl (C=O) groups excluding carboxylic acids is 1. The van der Waals surface area contributed by atoms with Crippen LogP contribution in [0.3, 0.4) is 0 Å². The molecule has 7 nitrogen and oxygen atoms in total. The van der Waals surface area contributed by atoms with Crippen molar-refractivity contribution in [1.29, 1.82) is 0 Å². The number of hydrogen-bond donors (Lipinski definition) is 2. The molecule has 0 unspecified atom stereocenters. The summed E-state index contributed by atoms with van der Waals surface area (Å²) < 4.78 is 27.2. The van der Waals surface area contributed by atoms with Gasteiger partial charge in [-0.15, -0.1) is 10.2 Å². The second kappa shape index (κ2) is 7.45. The monoisotopic (exact) mass is 402 g/mol. The van der Waals surface area contributed by atoms with E-state index in [1.54, 1.807) is 24.3 Å². The molecule has 2 N–H and O–H groups in total. The van der Waals surface area contributed by atoms with E-state index in [0.717, 1.165) is 28.0 Å². The summed E-state index contributed by atoms with van der Waals surface area (Å²) in [5.41, 5.74) is 3.97. The predicted octanol–water partition coefficient (Wildman–Crippen LogP) is 3.52. The molecule has 1 aromatic heterocycles. The number of carbonyl (C=O) groups is 1. The van der Waals surface area contributed by atoms with Gasteiger partial charge < -0.3 is 0 Å². The fourth-order valence-electron chi connectivity index (χ4n) is 2.25. The molecule has 0 aliphatic rings. The lowest BCUT2D eigenvalue weighted by Gasteiger charge is -2.07. The third-order valence-electron chi connectivity index (χ3n) is 3.93. The first kappa shape index (κ1) is 19.0. The summed E-state index contributed by atoms with van der Waals surface area (Å²) in [5.74, 6) is -0.378. The first-order chi connectivity index (χ1) is 12.7. The van der Waals surface area contributed by atoms with E-state index in [2.05, 4.69) is 20.2 Å². The third kappa shape index (κ3) is 4.50. The number of aryl methyl sites for hydroxylation is 3. The van der Waals surface area contributed by atoms with Gasteiger partial charge in [-0.05, 0) is 56.2 Å². The molecule has 0 fully saturated rings. The van der Waals surface area contributed by atoms with Gasteiger partial charge in [0.2, 0.25) is 5.13 Å². The van der Waals surface area contributed by atoms with Crippen LogP contribution in [0.15, 0.2) is 46.8 Å². The number of nitrogens with zero attached hydrogens (tertiary/aromatic N) is 2. The van der Waals surface area contributed by atoms with Crippen LogP contribution in [0.2, 0.25) is 0 Å². The van der Waals surface area contributed by atoms with Crippen molar-refractivity contribution in [2.24, 2.45) is 0 Å². The first-order valence-corrected chi connectivity index (χ1v) is 10.4. The normalized spacial score (nSPS) is 11.2. The van der Waals surface area contributed by atoms with Gasteiger partial charge in [-0.1, -0.05) is 35.1 Å². The zero-order valence-corrected chi connectivity index (χ0v) is 16.6. The Bertz CT molecular complexity index is 1090. The highest BCUT2D eigenvalue weighted by Gasteiger charge is 2.21. The van der Waals surface area contributed by atoms with E-state index in [9.17, 15) is 13.2 Å². The highest BCUT2D eigenvalue weighted by atomic mass is 32.2. The maximum atomic E-state index is 12.5. The highest BCUT2D eigenvalue weighted by Crippen LogP contribution is 2.24. The van der Waals surface area contributed by atoms with Crippen LogP contribution >= 0.6 is 11.3 Å². The van der Waals surface area contributed by atoms with Crippen molar-refractivity contribution in [3.05, 3.63) is 64.7 Å². The average Bonchev–Trinajstić information content (AvgIpc) is 3.08. The van der Waals surface area contributed by atoms with Gasteiger partial charge in [0.1, 0.15) is 0 Å². The van der Waals surface area contributed by atoms with E-state index in [1.165, 1.54) is 0 Å². The van der Waals surface area contributed by atoms with Crippen molar-refractivity contribution in [2.45, 2.75) is 25.1 Å². The largest absolute Gasteiger partial charge is 0.296 e. The summed E-state index contributed by atoms with van der Waals surface area (Å²) >= 11 is 0.788. The number of anilines is 2. The van der Waals surface area contributed by atoms with E-state index >= 15 is 0 Å². The predicted molar refractivity (Wildman–Crippen MR) is 106 cm³/mol. The molecule has 27 heavy (non-hydrogen) atoms. The minimum Gasteiger partial charge on any atom is -0.296 e. The van der Waals surface area contributed by atoms with Crippen LogP contribution in [0.25, 0.3) is 0 Å². The number of amides is 1. The number of aromatic nitrogens is 2. The minimum atomic E-state index is -3.88. The van der Waals surface area contributed by atoms with Crippen LogP contribution in [-0.4, -0.2) is 24.5 Å². The van der Waals surface area contributed by atoms with E-state index < -0.39 is 10.0 Å². The fraction of sp³-hybridized carbons (Fsp3) is 0.167. The Morgan fingerprint density at radius 2 is 1.67 bits per heavy atom. The van der Waals surface area contributed by atoms with E-state index in [4.69, 9.17) is 0 Å². The van der Waals surface area contributed by atoms with Gasteiger partial charge in [0.25, 0.3) is 20.3 Å². The molecule has 1 amide bonds. The molecule has 0 spiro atoms. The molecule has 140 valence electrons. The van der Waals surface area contributed by atoms with Crippen LogP contribution in [0.1, 0.15) is 27.0 Å². The van der Waals surface area contributed by atoms with Crippen molar-refractivity contribution < 1.29 is 13.2 Å². The minimum absolute atomic E-state index is 0.112. The Morgan fingerprint density at radius 1 is 0.963 bits per heavy atom. The average molecular weight is 403 g/mol. The Hall–Kier alpha value is -2.78. The van der Waals surface area contributed by atoms with Crippen molar-refractivity contribution in [2.75, 3.05) is 10.0 Å². The van der Waals surface area contributed by atoms with Gasteiger partial charge in [0.15, 0.2) is 0 Å². The second-order valence-corrected chi connectivity index (χ2v) is 8.93. The molecule has 0 atom stereocenters. The van der Waals surface area contributed by atoms with Gasteiger partial charge in [0.05, 0.1) is 0 Å². The second-order valence-electron chi connectivity index (χ2n) is 6.10. The summed E-state index contributed by atoms with van der Waals surface area (Å²) in [7, 11) is -3.88. The number of sulfonamides is 1. The Balaban J connectivity index is 1.74. The molecule has 1 heterocycles. The van der Waals surface area contributed by atoms with Gasteiger partial charge >= 0.3 is 0 Å².